The van der Waals surface area contributed by atoms with Gasteiger partial charge in [0.2, 0.25) is 0 Å². The van der Waals surface area contributed by atoms with Crippen molar-refractivity contribution in [3.8, 4) is 0 Å². The molecule has 1 rings (SSSR count). The van der Waals surface area contributed by atoms with E-state index in [1.807, 2.05) is 6.92 Å². The van der Waals surface area contributed by atoms with Gasteiger partial charge in [0.15, 0.2) is 6.29 Å². The van der Waals surface area contributed by atoms with Crippen molar-refractivity contribution in [1.82, 2.24) is 0 Å². The van der Waals surface area contributed by atoms with Crippen LogP contribution in [0.1, 0.15) is 27.2 Å². The Hall–Kier alpha value is 0.310. The normalized spacial score (nSPS) is 32.5. The SMILES string of the molecule is C[C]1CCOC(C)OC(C)P1.O.[CH2]. The fourth-order valence-corrected chi connectivity index (χ4v) is 2.36. The quantitative estimate of drug-likeness (QED) is 0.569. The van der Waals surface area contributed by atoms with Crippen molar-refractivity contribution in [1.29, 1.82) is 0 Å². The largest absolute Gasteiger partial charge is 0.412 e. The summed E-state index contributed by atoms with van der Waals surface area (Å²) >= 11 is 0. The van der Waals surface area contributed by atoms with Gasteiger partial charge in [-0.3, -0.25) is 0 Å². The molecule has 1 aliphatic heterocycles. The molecule has 3 unspecified atom stereocenters. The lowest BCUT2D eigenvalue weighted by Gasteiger charge is -2.25. The van der Waals surface area contributed by atoms with Crippen molar-refractivity contribution >= 4 is 8.58 Å². The summed E-state index contributed by atoms with van der Waals surface area (Å²) in [5.41, 5.74) is 1.50. The Balaban J connectivity index is 0. The van der Waals surface area contributed by atoms with E-state index in [4.69, 9.17) is 9.47 Å². The molecule has 4 heteroatoms. The summed E-state index contributed by atoms with van der Waals surface area (Å²) in [6.07, 6.45) is 1.07. The Kier molecular flexibility index (Phi) is 9.33. The van der Waals surface area contributed by atoms with E-state index in [1.54, 1.807) is 0 Å². The Morgan fingerprint density at radius 3 is 2.62 bits per heavy atom. The molecule has 3 radical (unpaired) electrons. The average Bonchev–Trinajstić information content (AvgIpc) is 1.83. The highest BCUT2D eigenvalue weighted by atomic mass is 31.1. The van der Waals surface area contributed by atoms with Crippen LogP contribution in [0, 0.1) is 13.1 Å². The summed E-state index contributed by atoms with van der Waals surface area (Å²) in [5, 5.41) is 0. The third-order valence-corrected chi connectivity index (χ3v) is 2.96. The van der Waals surface area contributed by atoms with E-state index in [2.05, 4.69) is 13.8 Å². The minimum absolute atomic E-state index is 0. The van der Waals surface area contributed by atoms with Crippen LogP contribution in [-0.4, -0.2) is 24.2 Å². The van der Waals surface area contributed by atoms with Crippen LogP contribution in [0.4, 0.5) is 0 Å². The van der Waals surface area contributed by atoms with E-state index in [1.165, 1.54) is 5.66 Å². The Bertz CT molecular complexity index is 109. The van der Waals surface area contributed by atoms with Gasteiger partial charge >= 0.3 is 0 Å². The topological polar surface area (TPSA) is 50.0 Å². The first-order chi connectivity index (χ1) is 5.18. The van der Waals surface area contributed by atoms with Gasteiger partial charge in [0.1, 0.15) is 0 Å². The third kappa shape index (κ3) is 6.39. The molecule has 0 spiro atoms. The van der Waals surface area contributed by atoms with Gasteiger partial charge in [-0.1, -0.05) is 22.9 Å². The second-order valence-corrected chi connectivity index (χ2v) is 4.85. The number of hydrogen-bond donors (Lipinski definition) is 0. The molecule has 1 fully saturated rings. The maximum Gasteiger partial charge on any atom is 0.155 e. The van der Waals surface area contributed by atoms with Crippen molar-refractivity contribution < 1.29 is 14.9 Å². The first-order valence-corrected chi connectivity index (χ1v) is 5.12. The first-order valence-electron chi connectivity index (χ1n) is 4.04. The molecular formula is C9H20O3P. The number of rotatable bonds is 0. The van der Waals surface area contributed by atoms with E-state index in [0.29, 0.717) is 5.85 Å². The highest BCUT2D eigenvalue weighted by Crippen LogP contribution is 2.36. The second-order valence-electron chi connectivity index (χ2n) is 2.89. The molecule has 3 atom stereocenters. The second kappa shape index (κ2) is 7.69. The van der Waals surface area contributed by atoms with Gasteiger partial charge in [0, 0.05) is 0 Å². The highest BCUT2D eigenvalue weighted by molar-refractivity contribution is 7.42. The van der Waals surface area contributed by atoms with E-state index in [0.717, 1.165) is 21.6 Å². The molecular weight excluding hydrogens is 187 g/mol. The van der Waals surface area contributed by atoms with Crippen molar-refractivity contribution in [2.75, 3.05) is 6.61 Å². The maximum atomic E-state index is 5.53. The molecule has 13 heavy (non-hydrogen) atoms. The monoisotopic (exact) mass is 207 g/mol. The maximum absolute atomic E-state index is 5.53. The first kappa shape index (κ1) is 15.8. The lowest BCUT2D eigenvalue weighted by Crippen LogP contribution is -2.21. The molecule has 0 aromatic carbocycles. The van der Waals surface area contributed by atoms with Crippen LogP contribution in [0.3, 0.4) is 0 Å². The summed E-state index contributed by atoms with van der Waals surface area (Å²) in [5.74, 6) is 0.338. The Morgan fingerprint density at radius 2 is 2.00 bits per heavy atom. The van der Waals surface area contributed by atoms with Gasteiger partial charge in [-0.05, 0) is 25.9 Å². The van der Waals surface area contributed by atoms with Crippen LogP contribution in [0.2, 0.25) is 0 Å². The number of hydrogen-bond acceptors (Lipinski definition) is 2. The molecule has 0 bridgehead atoms. The minimum Gasteiger partial charge on any atom is -0.412 e. The summed E-state index contributed by atoms with van der Waals surface area (Å²) in [7, 11) is 0.838. The molecule has 0 aliphatic carbocycles. The van der Waals surface area contributed by atoms with Crippen molar-refractivity contribution in [3.63, 3.8) is 0 Å². The summed E-state index contributed by atoms with van der Waals surface area (Å²) in [6.45, 7) is 7.05. The van der Waals surface area contributed by atoms with Crippen molar-refractivity contribution in [2.45, 2.75) is 39.3 Å². The van der Waals surface area contributed by atoms with E-state index >= 15 is 0 Å². The third-order valence-electron chi connectivity index (χ3n) is 1.68. The molecule has 0 saturated carbocycles. The van der Waals surface area contributed by atoms with Gasteiger partial charge < -0.3 is 14.9 Å². The molecule has 0 amide bonds. The molecule has 2 N–H and O–H groups in total. The number of ether oxygens (including phenoxy) is 2. The highest BCUT2D eigenvalue weighted by Gasteiger charge is 2.16. The van der Waals surface area contributed by atoms with Gasteiger partial charge in [-0.15, -0.1) is 0 Å². The smallest absolute Gasteiger partial charge is 0.155 e. The molecule has 0 aromatic heterocycles. The molecule has 1 heterocycles. The van der Waals surface area contributed by atoms with E-state index in [9.17, 15) is 0 Å². The van der Waals surface area contributed by atoms with Gasteiger partial charge in [-0.2, -0.15) is 0 Å². The van der Waals surface area contributed by atoms with Crippen LogP contribution in [0.15, 0.2) is 0 Å². The zero-order chi connectivity index (χ0) is 8.27. The van der Waals surface area contributed by atoms with Crippen LogP contribution in [-0.2, 0) is 9.47 Å². The minimum atomic E-state index is -0.0226. The molecule has 3 nitrogen and oxygen atoms in total. The summed E-state index contributed by atoms with van der Waals surface area (Å²) < 4.78 is 10.9. The van der Waals surface area contributed by atoms with Gasteiger partial charge in [0.05, 0.1) is 12.5 Å². The van der Waals surface area contributed by atoms with Crippen LogP contribution in [0.25, 0.3) is 0 Å². The van der Waals surface area contributed by atoms with E-state index in [-0.39, 0.29) is 19.2 Å². The molecule has 0 aromatic rings. The van der Waals surface area contributed by atoms with Crippen molar-refractivity contribution in [2.24, 2.45) is 0 Å². The fourth-order valence-electron chi connectivity index (χ4n) is 1.16. The van der Waals surface area contributed by atoms with Gasteiger partial charge in [0.25, 0.3) is 0 Å². The predicted octanol–water partition coefficient (Wildman–Crippen LogP) is 1.85. The zero-order valence-electron chi connectivity index (χ0n) is 8.59. The zero-order valence-corrected chi connectivity index (χ0v) is 9.59. The lowest BCUT2D eigenvalue weighted by molar-refractivity contribution is -0.138. The predicted molar refractivity (Wildman–Crippen MR) is 56.8 cm³/mol. The fraction of sp³-hybridized carbons (Fsp3) is 0.778. The van der Waals surface area contributed by atoms with Crippen LogP contribution >= 0.6 is 8.58 Å². The standard InChI is InChI=1S/C8H16O2P.CH2.H2O/c1-6-4-5-9-7(2)10-8(3)11-6;;/h7-8,11H,4-5H2,1-3H3;2*1H2. The van der Waals surface area contributed by atoms with Crippen molar-refractivity contribution in [3.05, 3.63) is 13.1 Å². The summed E-state index contributed by atoms with van der Waals surface area (Å²) in [4.78, 5) is 0. The lowest BCUT2D eigenvalue weighted by atomic mass is 10.3. The molecule has 1 aliphatic rings. The van der Waals surface area contributed by atoms with E-state index < -0.39 is 0 Å². The van der Waals surface area contributed by atoms with Crippen LogP contribution in [0.5, 0.6) is 0 Å². The molecule has 1 saturated heterocycles. The molecule has 79 valence electrons. The Morgan fingerprint density at radius 1 is 1.38 bits per heavy atom. The Labute approximate surface area is 83.3 Å². The van der Waals surface area contributed by atoms with Crippen LogP contribution < -0.4 is 0 Å². The summed E-state index contributed by atoms with van der Waals surface area (Å²) in [6, 6.07) is 0. The average molecular weight is 207 g/mol. The van der Waals surface area contributed by atoms with Gasteiger partial charge in [-0.25, -0.2) is 0 Å².